The molecule has 1 aliphatic heterocycles. The number of halogens is 1. The Bertz CT molecular complexity index is 926. The second kappa shape index (κ2) is 12.4. The average Bonchev–Trinajstić information content (AvgIpc) is 3.18. The van der Waals surface area contributed by atoms with Crippen molar-refractivity contribution in [1.29, 1.82) is 0 Å². The van der Waals surface area contributed by atoms with Crippen molar-refractivity contribution < 1.29 is 24.5 Å². The van der Waals surface area contributed by atoms with Crippen molar-refractivity contribution in [1.82, 2.24) is 10.3 Å². The van der Waals surface area contributed by atoms with Gasteiger partial charge in [-0.05, 0) is 39.7 Å². The molecule has 0 bridgehead atoms. The van der Waals surface area contributed by atoms with Crippen molar-refractivity contribution in [3.05, 3.63) is 32.8 Å². The van der Waals surface area contributed by atoms with Crippen molar-refractivity contribution in [3.63, 3.8) is 0 Å². The Morgan fingerprint density at radius 3 is 2.59 bits per heavy atom. The fourth-order valence-corrected chi connectivity index (χ4v) is 4.68. The Morgan fingerprint density at radius 2 is 1.97 bits per heavy atom. The van der Waals surface area contributed by atoms with Gasteiger partial charge in [0.05, 0.1) is 53.5 Å². The van der Waals surface area contributed by atoms with Gasteiger partial charge in [-0.25, -0.2) is 4.98 Å². The maximum absolute atomic E-state index is 13.1. The van der Waals surface area contributed by atoms with Crippen molar-refractivity contribution in [2.45, 2.75) is 85.2 Å². The van der Waals surface area contributed by atoms with Crippen LogP contribution >= 0.6 is 22.9 Å². The van der Waals surface area contributed by atoms with Gasteiger partial charge >= 0.3 is 0 Å². The molecule has 0 aliphatic carbocycles. The van der Waals surface area contributed by atoms with E-state index in [0.29, 0.717) is 24.5 Å². The molecule has 1 aromatic heterocycles. The average molecular weight is 513 g/mol. The number of Topliss-reactive ketones (excluding diaryl/α,β-unsaturated/α-hetero) is 1. The van der Waals surface area contributed by atoms with Gasteiger partial charge in [0.2, 0.25) is 5.91 Å². The van der Waals surface area contributed by atoms with Crippen molar-refractivity contribution in [2.75, 3.05) is 6.61 Å². The fraction of sp³-hybridized carbons (Fsp3) is 0.640. The minimum atomic E-state index is -1.24. The predicted octanol–water partition coefficient (Wildman–Crippen LogP) is 4.00. The molecule has 0 radical (unpaired) electrons. The third kappa shape index (κ3) is 7.71. The van der Waals surface area contributed by atoms with Crippen LogP contribution in [0.25, 0.3) is 6.08 Å². The number of hydrogen-bond donors (Lipinski definition) is 3. The molecule has 0 spiro atoms. The van der Waals surface area contributed by atoms with Gasteiger partial charge in [-0.2, -0.15) is 0 Å². The molecule has 1 aromatic rings. The van der Waals surface area contributed by atoms with E-state index in [9.17, 15) is 19.8 Å². The second-order valence-corrected chi connectivity index (χ2v) is 11.1. The fourth-order valence-electron chi connectivity index (χ4n) is 3.85. The lowest BCUT2D eigenvalue weighted by atomic mass is 9.74. The first-order valence-electron chi connectivity index (χ1n) is 11.6. The molecular weight excluding hydrogens is 476 g/mol. The number of nitrogens with zero attached hydrogens (tertiary/aromatic N) is 1. The van der Waals surface area contributed by atoms with Crippen LogP contribution in [0.15, 0.2) is 22.1 Å². The summed E-state index contributed by atoms with van der Waals surface area (Å²) < 4.78 is 5.79. The molecule has 9 heteroatoms. The maximum atomic E-state index is 13.1. The third-order valence-electron chi connectivity index (χ3n) is 6.42. The largest absolute Gasteiger partial charge is 0.392 e. The topological polar surface area (TPSA) is 109 Å². The number of ketones is 1. The SMILES string of the molecule is C/C1=C/C[C@@H](/C(Cl)=C/c2csc(C)n2)NC(=O)C[C@H](O)C(C)(C)C(=O)[C@H](C)[C@H](O)[C@@H](C)OCC1. The maximum Gasteiger partial charge on any atom is 0.223 e. The van der Waals surface area contributed by atoms with Crippen molar-refractivity contribution >= 4 is 40.7 Å². The van der Waals surface area contributed by atoms with Gasteiger partial charge in [0.15, 0.2) is 0 Å². The number of carbonyl (C=O) groups is 2. The van der Waals surface area contributed by atoms with Crippen LogP contribution in [0.1, 0.15) is 64.6 Å². The van der Waals surface area contributed by atoms with Gasteiger partial charge in [-0.15, -0.1) is 11.3 Å². The first-order chi connectivity index (χ1) is 15.8. The first kappa shape index (κ1) is 28.7. The van der Waals surface area contributed by atoms with Crippen molar-refractivity contribution in [3.8, 4) is 0 Å². The first-order valence-corrected chi connectivity index (χ1v) is 12.8. The zero-order valence-electron chi connectivity index (χ0n) is 20.8. The van der Waals surface area contributed by atoms with Gasteiger partial charge in [0, 0.05) is 16.3 Å². The lowest BCUT2D eigenvalue weighted by Gasteiger charge is -2.34. The number of aliphatic hydroxyl groups excluding tert-OH is 2. The summed E-state index contributed by atoms with van der Waals surface area (Å²) >= 11 is 8.11. The monoisotopic (exact) mass is 512 g/mol. The molecule has 0 fully saturated rings. The number of nitrogens with one attached hydrogen (secondary N) is 1. The standard InChI is InChI=1S/C25H37ClN2O5S/c1-14-7-8-20(19(26)11-18-13-34-17(4)27-18)28-22(30)12-21(29)25(5,6)24(32)15(2)23(31)16(3)33-10-9-14/h7,11,13,15-16,20-21,23,29,31H,8-10,12H2,1-6H3,(H,28,30)/b14-7-,19-11-/t15-,16-,20+,21+,23+/m1/s1. The highest BCUT2D eigenvalue weighted by molar-refractivity contribution is 7.09. The highest BCUT2D eigenvalue weighted by atomic mass is 35.5. The summed E-state index contributed by atoms with van der Waals surface area (Å²) in [5.41, 5.74) is 0.529. The zero-order chi connectivity index (χ0) is 25.6. The van der Waals surface area contributed by atoms with Gasteiger partial charge in [0.25, 0.3) is 0 Å². The Labute approximate surface area is 211 Å². The molecule has 7 nitrogen and oxygen atoms in total. The minimum absolute atomic E-state index is 0.271. The van der Waals surface area contributed by atoms with E-state index >= 15 is 0 Å². The molecule has 0 saturated heterocycles. The number of ether oxygens (including phenoxy) is 1. The molecule has 190 valence electrons. The Morgan fingerprint density at radius 1 is 1.29 bits per heavy atom. The van der Waals surface area contributed by atoms with Crippen LogP contribution in [0.4, 0.5) is 0 Å². The molecule has 34 heavy (non-hydrogen) atoms. The molecule has 5 atom stereocenters. The lowest BCUT2D eigenvalue weighted by Crippen LogP contribution is -2.48. The Hall–Kier alpha value is -1.58. The number of carbonyl (C=O) groups excluding carboxylic acids is 2. The Kier molecular flexibility index (Phi) is 10.5. The molecule has 3 N–H and O–H groups in total. The van der Waals surface area contributed by atoms with E-state index in [-0.39, 0.29) is 12.2 Å². The summed E-state index contributed by atoms with van der Waals surface area (Å²) in [7, 11) is 0. The quantitative estimate of drug-likeness (QED) is 0.517. The summed E-state index contributed by atoms with van der Waals surface area (Å²) in [5.74, 6) is -1.51. The number of thiazole rings is 1. The van der Waals surface area contributed by atoms with Gasteiger partial charge in [0.1, 0.15) is 5.78 Å². The smallest absolute Gasteiger partial charge is 0.223 e. The van der Waals surface area contributed by atoms with E-state index in [1.807, 2.05) is 25.3 Å². The number of aromatic nitrogens is 1. The predicted molar refractivity (Wildman–Crippen MR) is 136 cm³/mol. The van der Waals surface area contributed by atoms with Crippen LogP contribution in [0, 0.1) is 18.3 Å². The van der Waals surface area contributed by atoms with E-state index in [0.717, 1.165) is 16.3 Å². The molecule has 0 aromatic carbocycles. The van der Waals surface area contributed by atoms with Crippen LogP contribution in [0.3, 0.4) is 0 Å². The summed E-state index contributed by atoms with van der Waals surface area (Å²) in [4.78, 5) is 30.4. The number of amides is 1. The van der Waals surface area contributed by atoms with E-state index in [2.05, 4.69) is 10.3 Å². The van der Waals surface area contributed by atoms with Crippen LogP contribution in [-0.2, 0) is 14.3 Å². The number of hydrogen-bond acceptors (Lipinski definition) is 7. The normalized spacial score (nSPS) is 32.1. The van der Waals surface area contributed by atoms with E-state index in [4.69, 9.17) is 16.3 Å². The van der Waals surface area contributed by atoms with E-state index in [1.54, 1.807) is 33.8 Å². The van der Waals surface area contributed by atoms with Crippen LogP contribution in [0.2, 0.25) is 0 Å². The Balaban J connectivity index is 2.33. The molecule has 1 aliphatic rings. The highest BCUT2D eigenvalue weighted by Gasteiger charge is 2.42. The van der Waals surface area contributed by atoms with Gasteiger partial charge < -0.3 is 20.3 Å². The summed E-state index contributed by atoms with van der Waals surface area (Å²) in [6.45, 7) is 10.8. The van der Waals surface area contributed by atoms with E-state index in [1.165, 1.54) is 11.3 Å². The summed E-state index contributed by atoms with van der Waals surface area (Å²) in [6, 6.07) is -0.509. The molecular formula is C25H37ClN2O5S. The third-order valence-corrected chi connectivity index (χ3v) is 7.59. The number of aliphatic hydroxyl groups is 2. The second-order valence-electron chi connectivity index (χ2n) is 9.64. The van der Waals surface area contributed by atoms with Crippen LogP contribution in [-0.4, -0.2) is 57.8 Å². The number of rotatable bonds is 2. The minimum Gasteiger partial charge on any atom is -0.392 e. The summed E-state index contributed by atoms with van der Waals surface area (Å²) in [5, 5.41) is 27.6. The van der Waals surface area contributed by atoms with E-state index < -0.39 is 41.6 Å². The highest BCUT2D eigenvalue weighted by Crippen LogP contribution is 2.30. The van der Waals surface area contributed by atoms with Crippen LogP contribution < -0.4 is 5.32 Å². The summed E-state index contributed by atoms with van der Waals surface area (Å²) in [6.07, 6.45) is 1.73. The lowest BCUT2D eigenvalue weighted by molar-refractivity contribution is -0.145. The van der Waals surface area contributed by atoms with Gasteiger partial charge in [-0.3, -0.25) is 9.59 Å². The van der Waals surface area contributed by atoms with Crippen molar-refractivity contribution in [2.24, 2.45) is 11.3 Å². The van der Waals surface area contributed by atoms with Gasteiger partial charge in [-0.1, -0.05) is 44.0 Å². The molecule has 1 amide bonds. The molecule has 2 rings (SSSR count). The van der Waals surface area contributed by atoms with Crippen LogP contribution in [0.5, 0.6) is 0 Å². The zero-order valence-corrected chi connectivity index (χ0v) is 22.4. The molecule has 0 saturated carbocycles. The number of aryl methyl sites for hydroxylation is 1. The molecule has 0 unspecified atom stereocenters. The molecule has 2 heterocycles.